The van der Waals surface area contributed by atoms with Gasteiger partial charge in [0.05, 0.1) is 10.6 Å². The number of aliphatic hydroxyl groups is 1. The lowest BCUT2D eigenvalue weighted by Gasteiger charge is -2.25. The average Bonchev–Trinajstić information content (AvgIpc) is 2.55. The molecule has 1 atom stereocenters. The molecule has 2 N–H and O–H groups in total. The number of hydrogen-bond acceptors (Lipinski definition) is 4. The van der Waals surface area contributed by atoms with E-state index in [2.05, 4.69) is 0 Å². The van der Waals surface area contributed by atoms with Crippen molar-refractivity contribution < 1.29 is 40.3 Å². The highest BCUT2D eigenvalue weighted by Gasteiger charge is 2.55. The SMILES string of the molecule is CC(O)(C(=O)Nc1ccc(S(=O)(=O)c2ccccc2F)cc1F)C(F)(F)F. The Hall–Kier alpha value is -2.53. The summed E-state index contributed by atoms with van der Waals surface area (Å²) in [5.41, 5.74) is -4.59. The smallest absolute Gasteiger partial charge is 0.373 e. The lowest BCUT2D eigenvalue weighted by Crippen LogP contribution is -2.52. The van der Waals surface area contributed by atoms with Gasteiger partial charge in [0, 0.05) is 0 Å². The predicted octanol–water partition coefficient (Wildman–Crippen LogP) is 3.05. The number of alkyl halides is 3. The molecule has 0 spiro atoms. The Morgan fingerprint density at radius 3 is 2.15 bits per heavy atom. The van der Waals surface area contributed by atoms with Gasteiger partial charge in [-0.25, -0.2) is 17.2 Å². The number of nitrogens with one attached hydrogen (secondary N) is 1. The van der Waals surface area contributed by atoms with Gasteiger partial charge >= 0.3 is 6.18 Å². The van der Waals surface area contributed by atoms with Gasteiger partial charge in [-0.2, -0.15) is 13.2 Å². The summed E-state index contributed by atoms with van der Waals surface area (Å²) in [4.78, 5) is 10.2. The molecule has 0 aromatic heterocycles. The molecule has 0 aliphatic rings. The van der Waals surface area contributed by atoms with Crippen LogP contribution < -0.4 is 5.32 Å². The number of anilines is 1. The van der Waals surface area contributed by atoms with Crippen molar-refractivity contribution in [2.24, 2.45) is 0 Å². The van der Waals surface area contributed by atoms with Gasteiger partial charge in [-0.1, -0.05) is 12.1 Å². The Morgan fingerprint density at radius 2 is 1.63 bits per heavy atom. The summed E-state index contributed by atoms with van der Waals surface area (Å²) in [6, 6.07) is 6.23. The van der Waals surface area contributed by atoms with Crippen LogP contribution in [0.1, 0.15) is 6.92 Å². The summed E-state index contributed by atoms with van der Waals surface area (Å²) in [7, 11) is -4.45. The summed E-state index contributed by atoms with van der Waals surface area (Å²) >= 11 is 0. The van der Waals surface area contributed by atoms with Crippen molar-refractivity contribution in [3.05, 3.63) is 54.1 Å². The molecule has 0 aliphatic carbocycles. The fraction of sp³-hybridized carbons (Fsp3) is 0.188. The van der Waals surface area contributed by atoms with Gasteiger partial charge in [0.25, 0.3) is 5.91 Å². The van der Waals surface area contributed by atoms with E-state index in [0.29, 0.717) is 12.1 Å². The molecule has 0 fully saturated rings. The van der Waals surface area contributed by atoms with Gasteiger partial charge < -0.3 is 10.4 Å². The van der Waals surface area contributed by atoms with Crippen LogP contribution in [-0.2, 0) is 14.6 Å². The molecule has 2 rings (SSSR count). The van der Waals surface area contributed by atoms with E-state index < -0.39 is 54.6 Å². The zero-order chi connectivity index (χ0) is 20.6. The topological polar surface area (TPSA) is 83.5 Å². The lowest BCUT2D eigenvalue weighted by molar-refractivity contribution is -0.242. The molecule has 5 nitrogen and oxygen atoms in total. The van der Waals surface area contributed by atoms with Crippen LogP contribution in [0.25, 0.3) is 0 Å². The minimum atomic E-state index is -5.32. The van der Waals surface area contributed by atoms with Crippen molar-refractivity contribution in [1.29, 1.82) is 0 Å². The van der Waals surface area contributed by atoms with Crippen LogP contribution in [0.3, 0.4) is 0 Å². The fourth-order valence-electron chi connectivity index (χ4n) is 1.93. The molecule has 0 bridgehead atoms. The molecule has 1 unspecified atom stereocenters. The number of sulfone groups is 1. The molecule has 0 saturated carbocycles. The maximum atomic E-state index is 14.1. The maximum absolute atomic E-state index is 14.1. The first-order chi connectivity index (χ1) is 12.3. The first kappa shape index (κ1) is 20.8. The van der Waals surface area contributed by atoms with Crippen LogP contribution in [0.2, 0.25) is 0 Å². The average molecular weight is 409 g/mol. The fourth-order valence-corrected chi connectivity index (χ4v) is 3.27. The second-order valence-corrected chi connectivity index (χ2v) is 7.52. The number of carbonyl (C=O) groups is 1. The number of rotatable bonds is 4. The quantitative estimate of drug-likeness (QED) is 0.761. The molecule has 146 valence electrons. The summed E-state index contributed by atoms with van der Waals surface area (Å²) in [5, 5.41) is 10.8. The molecule has 0 heterocycles. The van der Waals surface area contributed by atoms with Crippen LogP contribution in [0.4, 0.5) is 27.6 Å². The number of amides is 1. The highest BCUT2D eigenvalue weighted by atomic mass is 32.2. The number of halogens is 5. The van der Waals surface area contributed by atoms with Crippen LogP contribution in [-0.4, -0.2) is 31.2 Å². The monoisotopic (exact) mass is 409 g/mol. The van der Waals surface area contributed by atoms with E-state index in [9.17, 15) is 40.3 Å². The van der Waals surface area contributed by atoms with E-state index in [4.69, 9.17) is 0 Å². The van der Waals surface area contributed by atoms with Crippen molar-refractivity contribution in [1.82, 2.24) is 0 Å². The van der Waals surface area contributed by atoms with Crippen molar-refractivity contribution in [3.63, 3.8) is 0 Å². The summed E-state index contributed by atoms with van der Waals surface area (Å²) < 4.78 is 90.3. The maximum Gasteiger partial charge on any atom is 0.426 e. The van der Waals surface area contributed by atoms with Crippen molar-refractivity contribution in [2.75, 3.05) is 5.32 Å². The first-order valence-electron chi connectivity index (χ1n) is 7.18. The molecule has 11 heteroatoms. The number of benzene rings is 2. The van der Waals surface area contributed by atoms with E-state index in [1.165, 1.54) is 17.4 Å². The Balaban J connectivity index is 2.37. The normalized spacial score (nSPS) is 14.5. The van der Waals surface area contributed by atoms with Crippen LogP contribution >= 0.6 is 0 Å². The third-order valence-corrected chi connectivity index (χ3v) is 5.40. The summed E-state index contributed by atoms with van der Waals surface area (Å²) in [6.07, 6.45) is -5.32. The molecule has 0 radical (unpaired) electrons. The Bertz CT molecular complexity index is 987. The first-order valence-corrected chi connectivity index (χ1v) is 8.66. The Kier molecular flexibility index (Phi) is 5.30. The van der Waals surface area contributed by atoms with Crippen LogP contribution in [0.5, 0.6) is 0 Å². The van der Waals surface area contributed by atoms with Gasteiger partial charge in [-0.3, -0.25) is 4.79 Å². The second-order valence-electron chi connectivity index (χ2n) is 5.60. The molecule has 27 heavy (non-hydrogen) atoms. The van der Waals surface area contributed by atoms with E-state index in [1.54, 1.807) is 0 Å². The summed E-state index contributed by atoms with van der Waals surface area (Å²) in [6.45, 7) is 0.178. The van der Waals surface area contributed by atoms with Gasteiger partial charge in [0.2, 0.25) is 15.4 Å². The second kappa shape index (κ2) is 6.89. The molecular weight excluding hydrogens is 397 g/mol. The Morgan fingerprint density at radius 1 is 1.04 bits per heavy atom. The highest BCUT2D eigenvalue weighted by Crippen LogP contribution is 2.32. The molecule has 0 aliphatic heterocycles. The van der Waals surface area contributed by atoms with Gasteiger partial charge in [0.1, 0.15) is 16.5 Å². The van der Waals surface area contributed by atoms with Gasteiger partial charge in [-0.15, -0.1) is 0 Å². The van der Waals surface area contributed by atoms with Crippen LogP contribution in [0.15, 0.2) is 52.3 Å². The molecule has 2 aromatic rings. The van der Waals surface area contributed by atoms with E-state index in [0.717, 1.165) is 18.2 Å². The molecule has 2 aromatic carbocycles. The summed E-state index contributed by atoms with van der Waals surface area (Å²) in [5.74, 6) is -4.42. The molecular formula is C16H12F5NO4S. The predicted molar refractivity (Wildman–Crippen MR) is 83.6 cm³/mol. The third-order valence-electron chi connectivity index (χ3n) is 3.62. The number of hydrogen-bond donors (Lipinski definition) is 2. The minimum absolute atomic E-state index is 0.178. The van der Waals surface area contributed by atoms with Crippen molar-refractivity contribution in [2.45, 2.75) is 28.5 Å². The molecule has 1 amide bonds. The zero-order valence-corrected chi connectivity index (χ0v) is 14.3. The highest BCUT2D eigenvalue weighted by molar-refractivity contribution is 7.91. The van der Waals surface area contributed by atoms with Crippen molar-refractivity contribution >= 4 is 21.4 Å². The van der Waals surface area contributed by atoms with Crippen LogP contribution in [0, 0.1) is 11.6 Å². The molecule has 0 saturated heterocycles. The largest absolute Gasteiger partial charge is 0.426 e. The third kappa shape index (κ3) is 3.93. The van der Waals surface area contributed by atoms with Gasteiger partial charge in [0.15, 0.2) is 0 Å². The van der Waals surface area contributed by atoms with E-state index in [1.807, 2.05) is 0 Å². The van der Waals surface area contributed by atoms with Gasteiger partial charge in [-0.05, 0) is 37.3 Å². The van der Waals surface area contributed by atoms with E-state index in [-0.39, 0.29) is 6.92 Å². The lowest BCUT2D eigenvalue weighted by atomic mass is 10.1. The zero-order valence-electron chi connectivity index (χ0n) is 13.5. The Labute approximate surface area is 150 Å². The number of carbonyl (C=O) groups excluding carboxylic acids is 1. The van der Waals surface area contributed by atoms with Crippen molar-refractivity contribution in [3.8, 4) is 0 Å². The van der Waals surface area contributed by atoms with E-state index >= 15 is 0 Å². The minimum Gasteiger partial charge on any atom is -0.373 e. The standard InChI is InChI=1S/C16H12F5NO4S/c1-15(24,16(19,20)21)14(23)22-12-7-6-9(8-11(12)18)27(25,26)13-5-3-2-4-10(13)17/h2-8,24H,1H3,(H,22,23).